The molecule has 3 nitrogen and oxygen atoms in total. The molecule has 2 atom stereocenters. The third-order valence-electron chi connectivity index (χ3n) is 1.06. The van der Waals surface area contributed by atoms with E-state index >= 15 is 0 Å². The monoisotopic (exact) mass is 168 g/mol. The number of rotatable bonds is 2. The van der Waals surface area contributed by atoms with Crippen molar-refractivity contribution < 1.29 is 15.3 Å². The molecule has 12 heavy (non-hydrogen) atoms. The van der Waals surface area contributed by atoms with Crippen LogP contribution >= 0.6 is 0 Å². The van der Waals surface area contributed by atoms with Gasteiger partial charge in [-0.3, -0.25) is 0 Å². The number of aliphatic hydroxyl groups is 3. The van der Waals surface area contributed by atoms with E-state index in [1.54, 1.807) is 0 Å². The van der Waals surface area contributed by atoms with Crippen LogP contribution < -0.4 is 0 Å². The van der Waals surface area contributed by atoms with Gasteiger partial charge in [0, 0.05) is 6.42 Å². The van der Waals surface area contributed by atoms with E-state index in [0.717, 1.165) is 0 Å². The first kappa shape index (κ1) is 11.0. The van der Waals surface area contributed by atoms with Crippen molar-refractivity contribution in [1.82, 2.24) is 0 Å². The lowest BCUT2D eigenvalue weighted by Crippen LogP contribution is -2.19. The van der Waals surface area contributed by atoms with Crippen molar-refractivity contribution in [1.29, 1.82) is 0 Å². The first-order valence-corrected chi connectivity index (χ1v) is 3.64. The zero-order valence-electron chi connectivity index (χ0n) is 6.91. The van der Waals surface area contributed by atoms with E-state index in [-0.39, 0.29) is 6.61 Å². The van der Waals surface area contributed by atoms with Crippen LogP contribution in [0.3, 0.4) is 0 Å². The van der Waals surface area contributed by atoms with Crippen LogP contribution in [-0.4, -0.2) is 34.1 Å². The van der Waals surface area contributed by atoms with E-state index in [0.29, 0.717) is 6.42 Å². The molecule has 0 heterocycles. The molecule has 66 valence electrons. The van der Waals surface area contributed by atoms with Crippen molar-refractivity contribution in [3.05, 3.63) is 0 Å². The Bertz CT molecular complexity index is 224. The van der Waals surface area contributed by atoms with Gasteiger partial charge in [0.15, 0.2) is 0 Å². The Kier molecular flexibility index (Phi) is 6.14. The first-order valence-electron chi connectivity index (χ1n) is 3.64. The van der Waals surface area contributed by atoms with E-state index < -0.39 is 12.2 Å². The number of aliphatic hydroxyl groups excluding tert-OH is 3. The minimum absolute atomic E-state index is 0.00758. The third kappa shape index (κ3) is 5.76. The molecule has 3 N–H and O–H groups in total. The molecule has 0 aliphatic carbocycles. The highest BCUT2D eigenvalue weighted by Gasteiger charge is 2.04. The quantitative estimate of drug-likeness (QED) is 0.469. The van der Waals surface area contributed by atoms with Crippen molar-refractivity contribution in [2.75, 3.05) is 6.61 Å². The highest BCUT2D eigenvalue weighted by atomic mass is 16.3. The zero-order chi connectivity index (χ0) is 9.40. The maximum atomic E-state index is 8.94. The van der Waals surface area contributed by atoms with E-state index in [9.17, 15) is 0 Å². The van der Waals surface area contributed by atoms with E-state index in [1.165, 1.54) is 6.92 Å². The van der Waals surface area contributed by atoms with Gasteiger partial charge in [-0.25, -0.2) is 0 Å². The fraction of sp³-hybridized carbons (Fsp3) is 0.556. The summed E-state index contributed by atoms with van der Waals surface area (Å²) < 4.78 is 0. The van der Waals surface area contributed by atoms with Crippen LogP contribution in [0.15, 0.2) is 0 Å². The summed E-state index contributed by atoms with van der Waals surface area (Å²) in [4.78, 5) is 0. The highest BCUT2D eigenvalue weighted by Crippen LogP contribution is 1.87. The lowest BCUT2D eigenvalue weighted by molar-refractivity contribution is 0.0678. The van der Waals surface area contributed by atoms with Crippen molar-refractivity contribution >= 4 is 0 Å². The van der Waals surface area contributed by atoms with Gasteiger partial charge in [-0.15, -0.1) is 0 Å². The average Bonchev–Trinajstić information content (AvgIpc) is 2.03. The van der Waals surface area contributed by atoms with Crippen LogP contribution in [-0.2, 0) is 0 Å². The van der Waals surface area contributed by atoms with Crippen LogP contribution in [0.1, 0.15) is 13.3 Å². The molecular weight excluding hydrogens is 156 g/mol. The van der Waals surface area contributed by atoms with Gasteiger partial charge in [0.25, 0.3) is 0 Å². The van der Waals surface area contributed by atoms with Crippen molar-refractivity contribution in [3.63, 3.8) is 0 Å². The van der Waals surface area contributed by atoms with Gasteiger partial charge < -0.3 is 15.3 Å². The molecule has 0 aliphatic rings. The molecule has 2 unspecified atom stereocenters. The normalized spacial score (nSPS) is 13.3. The topological polar surface area (TPSA) is 60.7 Å². The predicted octanol–water partition coefficient (Wildman–Crippen LogP) is -0.883. The number of hydrogen-bond acceptors (Lipinski definition) is 3. The second-order valence-corrected chi connectivity index (χ2v) is 2.23. The van der Waals surface area contributed by atoms with Crippen LogP contribution in [0.4, 0.5) is 0 Å². The van der Waals surface area contributed by atoms with E-state index in [2.05, 4.69) is 23.7 Å². The maximum absolute atomic E-state index is 8.94. The summed E-state index contributed by atoms with van der Waals surface area (Å²) in [6.45, 7) is 1.45. The van der Waals surface area contributed by atoms with E-state index in [1.807, 2.05) is 0 Å². The summed E-state index contributed by atoms with van der Waals surface area (Å²) in [7, 11) is 0. The van der Waals surface area contributed by atoms with Crippen LogP contribution in [0.25, 0.3) is 0 Å². The molecule has 0 rings (SSSR count). The standard InChI is InChI=1S/C9H12O3/c1-8(11)9(12)6-4-2-3-5-7-10/h8-12H,5,7H2,1H3. The molecule has 0 saturated heterocycles. The minimum Gasteiger partial charge on any atom is -0.395 e. The predicted molar refractivity (Wildman–Crippen MR) is 44.9 cm³/mol. The molecule has 0 aromatic carbocycles. The zero-order valence-corrected chi connectivity index (χ0v) is 6.91. The fourth-order valence-corrected chi connectivity index (χ4v) is 0.393. The Hall–Kier alpha value is -1.00. The fourth-order valence-electron chi connectivity index (χ4n) is 0.393. The Balaban J connectivity index is 3.82. The molecule has 0 aromatic rings. The van der Waals surface area contributed by atoms with Gasteiger partial charge in [-0.05, 0) is 18.8 Å². The highest BCUT2D eigenvalue weighted by molar-refractivity contribution is 5.27. The van der Waals surface area contributed by atoms with Crippen molar-refractivity contribution in [2.45, 2.75) is 25.6 Å². The molecule has 3 heteroatoms. The Morgan fingerprint density at radius 3 is 2.42 bits per heavy atom. The lowest BCUT2D eigenvalue weighted by Gasteiger charge is -2.03. The number of hydrogen-bond donors (Lipinski definition) is 3. The molecule has 0 aliphatic heterocycles. The van der Waals surface area contributed by atoms with Crippen LogP contribution in [0.2, 0.25) is 0 Å². The largest absolute Gasteiger partial charge is 0.395 e. The van der Waals surface area contributed by atoms with Crippen molar-refractivity contribution in [2.24, 2.45) is 0 Å². The Morgan fingerprint density at radius 1 is 1.25 bits per heavy atom. The van der Waals surface area contributed by atoms with Crippen LogP contribution in [0, 0.1) is 23.7 Å². The molecule has 0 spiro atoms. The van der Waals surface area contributed by atoms with Crippen LogP contribution in [0.5, 0.6) is 0 Å². The summed E-state index contributed by atoms with van der Waals surface area (Å²) in [6.07, 6.45) is -1.54. The second-order valence-electron chi connectivity index (χ2n) is 2.23. The summed E-state index contributed by atoms with van der Waals surface area (Å²) in [5, 5.41) is 26.0. The minimum atomic E-state index is -1.05. The van der Waals surface area contributed by atoms with Gasteiger partial charge in [0.1, 0.15) is 6.10 Å². The van der Waals surface area contributed by atoms with Crippen molar-refractivity contribution in [3.8, 4) is 23.7 Å². The Morgan fingerprint density at radius 2 is 1.92 bits per heavy atom. The third-order valence-corrected chi connectivity index (χ3v) is 1.06. The summed E-state index contributed by atoms with van der Waals surface area (Å²) >= 11 is 0. The molecule has 0 radical (unpaired) electrons. The SMILES string of the molecule is CC(O)C(O)C#CC#CCCO. The van der Waals surface area contributed by atoms with Gasteiger partial charge in [-0.2, -0.15) is 0 Å². The summed E-state index contributed by atoms with van der Waals surface area (Å²) in [6, 6.07) is 0. The smallest absolute Gasteiger partial charge is 0.141 e. The summed E-state index contributed by atoms with van der Waals surface area (Å²) in [5.74, 6) is 9.70. The van der Waals surface area contributed by atoms with Gasteiger partial charge in [-0.1, -0.05) is 11.8 Å². The molecule has 0 aromatic heterocycles. The molecular formula is C9H12O3. The van der Waals surface area contributed by atoms with E-state index in [4.69, 9.17) is 15.3 Å². The Labute approximate surface area is 72.0 Å². The molecule has 0 saturated carbocycles. The van der Waals surface area contributed by atoms with Gasteiger partial charge in [0.2, 0.25) is 0 Å². The first-order chi connectivity index (χ1) is 5.68. The maximum Gasteiger partial charge on any atom is 0.141 e. The average molecular weight is 168 g/mol. The molecule has 0 amide bonds. The lowest BCUT2D eigenvalue weighted by atomic mass is 10.2. The summed E-state index contributed by atoms with van der Waals surface area (Å²) in [5.41, 5.74) is 0. The van der Waals surface area contributed by atoms with Gasteiger partial charge in [0.05, 0.1) is 12.7 Å². The molecule has 0 fully saturated rings. The van der Waals surface area contributed by atoms with Gasteiger partial charge >= 0.3 is 0 Å². The molecule has 0 bridgehead atoms. The second kappa shape index (κ2) is 6.69.